The lowest BCUT2D eigenvalue weighted by Crippen LogP contribution is -2.39. The first-order valence-corrected chi connectivity index (χ1v) is 8.75. The van der Waals surface area contributed by atoms with Crippen molar-refractivity contribution in [3.63, 3.8) is 0 Å². The third kappa shape index (κ3) is 4.42. The van der Waals surface area contributed by atoms with E-state index in [1.165, 1.54) is 18.4 Å². The predicted octanol–water partition coefficient (Wildman–Crippen LogP) is 3.46. The van der Waals surface area contributed by atoms with E-state index in [1.54, 1.807) is 6.20 Å². The molecule has 1 fully saturated rings. The van der Waals surface area contributed by atoms with Gasteiger partial charge in [-0.1, -0.05) is 43.2 Å². The summed E-state index contributed by atoms with van der Waals surface area (Å²) in [6.45, 7) is 2.45. The molecule has 0 spiro atoms. The molecule has 24 heavy (non-hydrogen) atoms. The van der Waals surface area contributed by atoms with Crippen molar-refractivity contribution in [1.82, 2.24) is 15.6 Å². The van der Waals surface area contributed by atoms with Gasteiger partial charge in [-0.2, -0.15) is 0 Å². The van der Waals surface area contributed by atoms with E-state index in [-0.39, 0.29) is 11.9 Å². The molecule has 1 atom stereocenters. The standard InChI is InChI=1S/C20H25N3O/c1-15(22-14-20(24)23-19-6-2-3-7-19)16-8-10-17(11-9-16)18-5-4-12-21-13-18/h4-5,8-13,15,19,22H,2-3,6-7,14H2,1H3,(H,23,24)/t15-/m0/s1. The highest BCUT2D eigenvalue weighted by Crippen LogP contribution is 2.21. The molecular formula is C20H25N3O. The molecule has 1 aromatic heterocycles. The van der Waals surface area contributed by atoms with E-state index in [0.29, 0.717) is 12.6 Å². The first-order valence-electron chi connectivity index (χ1n) is 8.75. The minimum Gasteiger partial charge on any atom is -0.352 e. The summed E-state index contributed by atoms with van der Waals surface area (Å²) in [6.07, 6.45) is 8.36. The normalized spacial score (nSPS) is 16.0. The number of benzene rings is 1. The van der Waals surface area contributed by atoms with Gasteiger partial charge in [-0.05, 0) is 42.5 Å². The van der Waals surface area contributed by atoms with Gasteiger partial charge in [0.1, 0.15) is 0 Å². The molecule has 1 aliphatic rings. The third-order valence-electron chi connectivity index (χ3n) is 4.69. The van der Waals surface area contributed by atoms with E-state index in [1.807, 2.05) is 12.3 Å². The van der Waals surface area contributed by atoms with Gasteiger partial charge in [0.25, 0.3) is 0 Å². The van der Waals surface area contributed by atoms with E-state index >= 15 is 0 Å². The summed E-state index contributed by atoms with van der Waals surface area (Å²) >= 11 is 0. The van der Waals surface area contributed by atoms with E-state index in [2.05, 4.69) is 52.9 Å². The summed E-state index contributed by atoms with van der Waals surface area (Å²) in [6, 6.07) is 12.9. The van der Waals surface area contributed by atoms with Gasteiger partial charge in [-0.3, -0.25) is 9.78 Å². The van der Waals surface area contributed by atoms with Gasteiger partial charge < -0.3 is 10.6 Å². The SMILES string of the molecule is C[C@H](NCC(=O)NC1CCCC1)c1ccc(-c2cccnc2)cc1. The monoisotopic (exact) mass is 323 g/mol. The molecule has 3 rings (SSSR count). The van der Waals surface area contributed by atoms with Crippen LogP contribution in [0.3, 0.4) is 0 Å². The van der Waals surface area contributed by atoms with E-state index < -0.39 is 0 Å². The molecule has 2 aromatic rings. The van der Waals surface area contributed by atoms with Crippen molar-refractivity contribution in [3.8, 4) is 11.1 Å². The van der Waals surface area contributed by atoms with Gasteiger partial charge >= 0.3 is 0 Å². The molecule has 2 N–H and O–H groups in total. The summed E-state index contributed by atoms with van der Waals surface area (Å²) in [5, 5.41) is 6.42. The number of hydrogen-bond acceptors (Lipinski definition) is 3. The van der Waals surface area contributed by atoms with E-state index in [9.17, 15) is 4.79 Å². The highest BCUT2D eigenvalue weighted by atomic mass is 16.1. The van der Waals surface area contributed by atoms with Crippen LogP contribution in [0.25, 0.3) is 11.1 Å². The average molecular weight is 323 g/mol. The molecule has 0 radical (unpaired) electrons. The Hall–Kier alpha value is -2.20. The quantitative estimate of drug-likeness (QED) is 0.856. The van der Waals surface area contributed by atoms with Gasteiger partial charge in [0.05, 0.1) is 6.54 Å². The number of rotatable bonds is 6. The number of aromatic nitrogens is 1. The van der Waals surface area contributed by atoms with Crippen LogP contribution in [-0.2, 0) is 4.79 Å². The van der Waals surface area contributed by atoms with Gasteiger partial charge in [-0.15, -0.1) is 0 Å². The van der Waals surface area contributed by atoms with Gasteiger partial charge in [-0.25, -0.2) is 0 Å². The molecule has 0 bridgehead atoms. The van der Waals surface area contributed by atoms with Crippen molar-refractivity contribution in [2.75, 3.05) is 6.54 Å². The number of amides is 1. The molecule has 4 nitrogen and oxygen atoms in total. The lowest BCUT2D eigenvalue weighted by atomic mass is 10.0. The minimum absolute atomic E-state index is 0.0979. The number of pyridine rings is 1. The van der Waals surface area contributed by atoms with Crippen molar-refractivity contribution >= 4 is 5.91 Å². The Morgan fingerprint density at radius 1 is 1.17 bits per heavy atom. The Kier molecular flexibility index (Phi) is 5.59. The second-order valence-corrected chi connectivity index (χ2v) is 6.52. The molecule has 1 aromatic carbocycles. The van der Waals surface area contributed by atoms with E-state index in [4.69, 9.17) is 0 Å². The molecule has 4 heteroatoms. The Morgan fingerprint density at radius 3 is 2.58 bits per heavy atom. The van der Waals surface area contributed by atoms with Crippen LogP contribution in [0.4, 0.5) is 0 Å². The summed E-state index contributed by atoms with van der Waals surface area (Å²) in [5.74, 6) is 0.0979. The summed E-state index contributed by atoms with van der Waals surface area (Å²) in [5.41, 5.74) is 3.44. The number of hydrogen-bond donors (Lipinski definition) is 2. The smallest absolute Gasteiger partial charge is 0.234 e. The first kappa shape index (κ1) is 16.7. The van der Waals surface area contributed by atoms with Crippen LogP contribution in [0.15, 0.2) is 48.8 Å². The molecule has 126 valence electrons. The lowest BCUT2D eigenvalue weighted by molar-refractivity contribution is -0.121. The fourth-order valence-corrected chi connectivity index (χ4v) is 3.21. The molecule has 1 heterocycles. The Labute approximate surface area is 143 Å². The van der Waals surface area contributed by atoms with Crippen molar-refractivity contribution < 1.29 is 4.79 Å². The summed E-state index contributed by atoms with van der Waals surface area (Å²) in [4.78, 5) is 16.1. The van der Waals surface area contributed by atoms with E-state index in [0.717, 1.165) is 24.0 Å². The largest absolute Gasteiger partial charge is 0.352 e. The molecule has 1 amide bonds. The number of carbonyl (C=O) groups excluding carboxylic acids is 1. The summed E-state index contributed by atoms with van der Waals surface area (Å²) < 4.78 is 0. The fraction of sp³-hybridized carbons (Fsp3) is 0.400. The van der Waals surface area contributed by atoms with Gasteiger partial charge in [0, 0.05) is 24.5 Å². The van der Waals surface area contributed by atoms with Gasteiger partial charge in [0.2, 0.25) is 5.91 Å². The van der Waals surface area contributed by atoms with Crippen molar-refractivity contribution in [1.29, 1.82) is 0 Å². The Balaban J connectivity index is 1.51. The molecule has 0 saturated heterocycles. The highest BCUT2D eigenvalue weighted by Gasteiger charge is 2.17. The number of carbonyl (C=O) groups is 1. The summed E-state index contributed by atoms with van der Waals surface area (Å²) in [7, 11) is 0. The first-order chi connectivity index (χ1) is 11.7. The van der Waals surface area contributed by atoms with Crippen LogP contribution < -0.4 is 10.6 Å². The highest BCUT2D eigenvalue weighted by molar-refractivity contribution is 5.78. The van der Waals surface area contributed by atoms with Crippen LogP contribution in [0, 0.1) is 0 Å². The van der Waals surface area contributed by atoms with Crippen molar-refractivity contribution in [2.24, 2.45) is 0 Å². The molecular weight excluding hydrogens is 298 g/mol. The minimum atomic E-state index is 0.0979. The maximum atomic E-state index is 12.0. The zero-order chi connectivity index (χ0) is 16.8. The average Bonchev–Trinajstić information content (AvgIpc) is 3.13. The maximum Gasteiger partial charge on any atom is 0.234 e. The van der Waals surface area contributed by atoms with Gasteiger partial charge in [0.15, 0.2) is 0 Å². The lowest BCUT2D eigenvalue weighted by Gasteiger charge is -2.16. The second kappa shape index (κ2) is 8.06. The van der Waals surface area contributed by atoms with Crippen molar-refractivity contribution in [2.45, 2.75) is 44.7 Å². The Morgan fingerprint density at radius 2 is 1.92 bits per heavy atom. The molecule has 1 aliphatic carbocycles. The Bertz CT molecular complexity index is 648. The van der Waals surface area contributed by atoms with Crippen molar-refractivity contribution in [3.05, 3.63) is 54.4 Å². The number of nitrogens with zero attached hydrogens (tertiary/aromatic N) is 1. The predicted molar refractivity (Wildman–Crippen MR) is 96.5 cm³/mol. The molecule has 0 unspecified atom stereocenters. The zero-order valence-electron chi connectivity index (χ0n) is 14.2. The zero-order valence-corrected chi connectivity index (χ0v) is 14.2. The maximum absolute atomic E-state index is 12.0. The van der Waals surface area contributed by atoms with Crippen LogP contribution in [0.2, 0.25) is 0 Å². The van der Waals surface area contributed by atoms with Crippen LogP contribution in [0.1, 0.15) is 44.2 Å². The third-order valence-corrected chi connectivity index (χ3v) is 4.69. The second-order valence-electron chi connectivity index (χ2n) is 6.52. The molecule has 1 saturated carbocycles. The topological polar surface area (TPSA) is 54.0 Å². The molecule has 0 aliphatic heterocycles. The number of nitrogens with one attached hydrogen (secondary N) is 2. The van der Waals surface area contributed by atoms with Crippen LogP contribution >= 0.6 is 0 Å². The van der Waals surface area contributed by atoms with Crippen LogP contribution in [0.5, 0.6) is 0 Å². The fourth-order valence-electron chi connectivity index (χ4n) is 3.21. The van der Waals surface area contributed by atoms with Crippen LogP contribution in [-0.4, -0.2) is 23.5 Å².